The van der Waals surface area contributed by atoms with Gasteiger partial charge in [-0.2, -0.15) is 4.31 Å². The van der Waals surface area contributed by atoms with Gasteiger partial charge in [0.25, 0.3) is 0 Å². The molecule has 7 heteroatoms. The summed E-state index contributed by atoms with van der Waals surface area (Å²) in [5.74, 6) is 0.568. The number of hydrogen-bond donors (Lipinski definition) is 1. The van der Waals surface area contributed by atoms with Crippen LogP contribution in [0.5, 0.6) is 0 Å². The minimum atomic E-state index is -3.63. The van der Waals surface area contributed by atoms with Gasteiger partial charge in [-0.3, -0.25) is 0 Å². The van der Waals surface area contributed by atoms with Crippen LogP contribution in [0.15, 0.2) is 15.4 Å². The van der Waals surface area contributed by atoms with Crippen LogP contribution in [-0.2, 0) is 21.4 Å². The number of aryl methyl sites for hydroxylation is 1. The Kier molecular flexibility index (Phi) is 4.53. The van der Waals surface area contributed by atoms with Gasteiger partial charge >= 0.3 is 0 Å². The molecular formula is C13H21NO5S. The highest BCUT2D eigenvalue weighted by Gasteiger charge is 2.37. The van der Waals surface area contributed by atoms with Crippen molar-refractivity contribution >= 4 is 10.0 Å². The van der Waals surface area contributed by atoms with Crippen molar-refractivity contribution in [3.05, 3.63) is 17.6 Å². The minimum absolute atomic E-state index is 0.128. The molecule has 1 N–H and O–H groups in total. The second-order valence-corrected chi connectivity index (χ2v) is 6.93. The summed E-state index contributed by atoms with van der Waals surface area (Å²) in [6.45, 7) is 5.81. The van der Waals surface area contributed by atoms with Gasteiger partial charge in [-0.1, -0.05) is 6.92 Å². The highest BCUT2D eigenvalue weighted by Crippen LogP contribution is 2.28. The van der Waals surface area contributed by atoms with Crippen LogP contribution < -0.4 is 0 Å². The van der Waals surface area contributed by atoms with Crippen LogP contribution in [0.25, 0.3) is 0 Å². The van der Waals surface area contributed by atoms with Crippen molar-refractivity contribution in [2.45, 2.75) is 50.8 Å². The van der Waals surface area contributed by atoms with Crippen LogP contribution in [0.4, 0.5) is 0 Å². The van der Waals surface area contributed by atoms with Crippen LogP contribution in [0, 0.1) is 6.92 Å². The number of nitrogens with zero attached hydrogens (tertiary/aromatic N) is 1. The average Bonchev–Trinajstić information content (AvgIpc) is 2.80. The minimum Gasteiger partial charge on any atom is -0.462 e. The SMILES string of the molecule is CCC1COC(C)CN1S(=O)(=O)c1cc(CO)oc1C. The van der Waals surface area contributed by atoms with Gasteiger partial charge in [0.1, 0.15) is 23.0 Å². The maximum absolute atomic E-state index is 12.8. The van der Waals surface area contributed by atoms with Crippen molar-refractivity contribution in [2.24, 2.45) is 0 Å². The maximum Gasteiger partial charge on any atom is 0.246 e. The van der Waals surface area contributed by atoms with Crippen LogP contribution in [0.2, 0.25) is 0 Å². The normalized spacial score (nSPS) is 25.0. The molecule has 1 aromatic rings. The van der Waals surface area contributed by atoms with Crippen LogP contribution >= 0.6 is 0 Å². The summed E-state index contributed by atoms with van der Waals surface area (Å²) in [5.41, 5.74) is 0. The number of furan rings is 1. The van der Waals surface area contributed by atoms with Crippen LogP contribution in [0.1, 0.15) is 31.8 Å². The van der Waals surface area contributed by atoms with E-state index in [4.69, 9.17) is 14.3 Å². The fourth-order valence-corrected chi connectivity index (χ4v) is 4.36. The molecule has 0 bridgehead atoms. The number of hydrogen-bond acceptors (Lipinski definition) is 5. The van der Waals surface area contributed by atoms with E-state index in [9.17, 15) is 8.42 Å². The lowest BCUT2D eigenvalue weighted by molar-refractivity contribution is -0.0230. The molecule has 0 spiro atoms. The molecule has 1 fully saturated rings. The maximum atomic E-state index is 12.8. The molecule has 2 unspecified atom stereocenters. The van der Waals surface area contributed by atoms with E-state index < -0.39 is 10.0 Å². The van der Waals surface area contributed by atoms with Gasteiger partial charge in [0.05, 0.1) is 12.7 Å². The van der Waals surface area contributed by atoms with Crippen molar-refractivity contribution < 1.29 is 22.7 Å². The monoisotopic (exact) mass is 303 g/mol. The largest absolute Gasteiger partial charge is 0.462 e. The second kappa shape index (κ2) is 5.85. The number of aliphatic hydroxyl groups excluding tert-OH is 1. The van der Waals surface area contributed by atoms with E-state index in [0.29, 0.717) is 25.3 Å². The van der Waals surface area contributed by atoms with Crippen molar-refractivity contribution in [2.75, 3.05) is 13.2 Å². The van der Waals surface area contributed by atoms with E-state index in [2.05, 4.69) is 0 Å². The highest BCUT2D eigenvalue weighted by molar-refractivity contribution is 7.89. The summed E-state index contributed by atoms with van der Waals surface area (Å²) in [6, 6.07) is 1.24. The van der Waals surface area contributed by atoms with Crippen molar-refractivity contribution in [1.29, 1.82) is 0 Å². The molecule has 1 saturated heterocycles. The number of ether oxygens (including phenoxy) is 1. The van der Waals surface area contributed by atoms with E-state index in [0.717, 1.165) is 0 Å². The standard InChI is InChI=1S/C13H21NO5S/c1-4-11-8-18-9(2)6-14(11)20(16,17)13-5-12(7-15)19-10(13)3/h5,9,11,15H,4,6-8H2,1-3H3. The summed E-state index contributed by atoms with van der Waals surface area (Å²) in [6.07, 6.45) is 0.562. The molecule has 0 aliphatic carbocycles. The van der Waals surface area contributed by atoms with Crippen LogP contribution in [0.3, 0.4) is 0 Å². The Morgan fingerprint density at radius 2 is 2.20 bits per heavy atom. The zero-order valence-corrected chi connectivity index (χ0v) is 12.8. The number of rotatable bonds is 4. The van der Waals surface area contributed by atoms with Gasteiger partial charge in [0.2, 0.25) is 10.0 Å². The molecule has 20 heavy (non-hydrogen) atoms. The Hall–Kier alpha value is -0.890. The summed E-state index contributed by atoms with van der Waals surface area (Å²) >= 11 is 0. The molecule has 114 valence electrons. The van der Waals surface area contributed by atoms with E-state index in [-0.39, 0.29) is 29.4 Å². The van der Waals surface area contributed by atoms with Gasteiger partial charge in [0.15, 0.2) is 0 Å². The van der Waals surface area contributed by atoms with Crippen molar-refractivity contribution in [3.8, 4) is 0 Å². The first kappa shape index (κ1) is 15.5. The molecule has 0 radical (unpaired) electrons. The molecule has 0 saturated carbocycles. The molecule has 1 aromatic heterocycles. The fourth-order valence-electron chi connectivity index (χ4n) is 2.41. The zero-order valence-electron chi connectivity index (χ0n) is 12.0. The van der Waals surface area contributed by atoms with Gasteiger partial charge in [-0.05, 0) is 20.3 Å². The summed E-state index contributed by atoms with van der Waals surface area (Å²) in [4.78, 5) is 0.133. The summed E-state index contributed by atoms with van der Waals surface area (Å²) in [5, 5.41) is 9.07. The zero-order chi connectivity index (χ0) is 14.9. The third-order valence-electron chi connectivity index (χ3n) is 3.55. The lowest BCUT2D eigenvalue weighted by atomic mass is 10.2. The molecule has 2 rings (SSSR count). The molecule has 2 heterocycles. The Labute approximate surface area is 119 Å². The van der Waals surface area contributed by atoms with Crippen molar-refractivity contribution in [1.82, 2.24) is 4.31 Å². The predicted molar refractivity (Wildman–Crippen MR) is 72.8 cm³/mol. The lowest BCUT2D eigenvalue weighted by Crippen LogP contribution is -2.51. The Balaban J connectivity index is 2.39. The molecule has 6 nitrogen and oxygen atoms in total. The number of aliphatic hydroxyl groups is 1. The molecule has 2 atom stereocenters. The first-order valence-electron chi connectivity index (χ1n) is 6.73. The van der Waals surface area contributed by atoms with Gasteiger partial charge in [0, 0.05) is 18.7 Å². The molecule has 0 aromatic carbocycles. The molecular weight excluding hydrogens is 282 g/mol. The Bertz CT molecular complexity index is 565. The van der Waals surface area contributed by atoms with Gasteiger partial charge in [-0.15, -0.1) is 0 Å². The first-order valence-corrected chi connectivity index (χ1v) is 8.17. The van der Waals surface area contributed by atoms with E-state index in [1.165, 1.54) is 10.4 Å². The Morgan fingerprint density at radius 1 is 1.50 bits per heavy atom. The Morgan fingerprint density at radius 3 is 2.75 bits per heavy atom. The topological polar surface area (TPSA) is 80.0 Å². The summed E-state index contributed by atoms with van der Waals surface area (Å²) in [7, 11) is -3.63. The molecule has 1 aliphatic heterocycles. The van der Waals surface area contributed by atoms with Crippen molar-refractivity contribution in [3.63, 3.8) is 0 Å². The quantitative estimate of drug-likeness (QED) is 0.906. The van der Waals surface area contributed by atoms with E-state index >= 15 is 0 Å². The third kappa shape index (κ3) is 2.76. The average molecular weight is 303 g/mol. The highest BCUT2D eigenvalue weighted by atomic mass is 32.2. The van der Waals surface area contributed by atoms with Gasteiger partial charge < -0.3 is 14.3 Å². The smallest absolute Gasteiger partial charge is 0.246 e. The fraction of sp³-hybridized carbons (Fsp3) is 0.692. The first-order chi connectivity index (χ1) is 9.40. The molecule has 0 amide bonds. The second-order valence-electron chi connectivity index (χ2n) is 5.07. The van der Waals surface area contributed by atoms with E-state index in [1.54, 1.807) is 6.92 Å². The van der Waals surface area contributed by atoms with Crippen LogP contribution in [-0.4, -0.2) is 43.1 Å². The lowest BCUT2D eigenvalue weighted by Gasteiger charge is -2.37. The predicted octanol–water partition coefficient (Wildman–Crippen LogP) is 1.27. The third-order valence-corrected chi connectivity index (χ3v) is 5.58. The number of morpholine rings is 1. The number of sulfonamides is 1. The molecule has 1 aliphatic rings. The van der Waals surface area contributed by atoms with Gasteiger partial charge in [-0.25, -0.2) is 8.42 Å². The van der Waals surface area contributed by atoms with E-state index in [1.807, 2.05) is 13.8 Å². The summed E-state index contributed by atoms with van der Waals surface area (Å²) < 4.78 is 37.8.